The van der Waals surface area contributed by atoms with Crippen LogP contribution < -0.4 is 4.72 Å². The predicted octanol–water partition coefficient (Wildman–Crippen LogP) is 1.84. The second-order valence-electron chi connectivity index (χ2n) is 7.13. The molecule has 4 rings (SSSR count). The molecule has 0 spiro atoms. The molecule has 0 atom stereocenters. The van der Waals surface area contributed by atoms with Crippen LogP contribution >= 0.6 is 15.9 Å². The van der Waals surface area contributed by atoms with Crippen molar-refractivity contribution in [3.05, 3.63) is 52.2 Å². The van der Waals surface area contributed by atoms with E-state index in [1.54, 1.807) is 24.7 Å². The minimum atomic E-state index is -3.80. The van der Waals surface area contributed by atoms with Gasteiger partial charge in [-0.3, -0.25) is 4.98 Å². The van der Waals surface area contributed by atoms with E-state index in [4.69, 9.17) is 9.26 Å². The summed E-state index contributed by atoms with van der Waals surface area (Å²) in [7, 11) is -2.06. The lowest BCUT2D eigenvalue weighted by molar-refractivity contribution is 0.0584. The molecule has 30 heavy (non-hydrogen) atoms. The van der Waals surface area contributed by atoms with Crippen LogP contribution in [0.25, 0.3) is 0 Å². The highest BCUT2D eigenvalue weighted by atomic mass is 79.9. The van der Waals surface area contributed by atoms with Gasteiger partial charge in [-0.05, 0) is 47.8 Å². The molecular formula is C18H21BrN6O4S. The van der Waals surface area contributed by atoms with Crippen molar-refractivity contribution in [3.8, 4) is 0 Å². The van der Waals surface area contributed by atoms with Gasteiger partial charge in [-0.25, -0.2) is 18.1 Å². The summed E-state index contributed by atoms with van der Waals surface area (Å²) >= 11 is 3.40. The zero-order valence-electron chi connectivity index (χ0n) is 16.5. The molecule has 12 heteroatoms. The molecule has 0 amide bonds. The van der Waals surface area contributed by atoms with E-state index in [1.165, 1.54) is 6.20 Å². The van der Waals surface area contributed by atoms with Gasteiger partial charge >= 0.3 is 0 Å². The summed E-state index contributed by atoms with van der Waals surface area (Å²) in [6, 6.07) is 3.85. The molecule has 0 aromatic carbocycles. The number of aryl methyl sites for hydroxylation is 2. The van der Waals surface area contributed by atoms with E-state index < -0.39 is 15.4 Å². The van der Waals surface area contributed by atoms with E-state index >= 15 is 0 Å². The third-order valence-electron chi connectivity index (χ3n) is 5.24. The van der Waals surface area contributed by atoms with Crippen molar-refractivity contribution in [1.29, 1.82) is 0 Å². The highest BCUT2D eigenvalue weighted by molar-refractivity contribution is 9.10. The number of ether oxygens (including phenoxy) is 1. The molecule has 1 aliphatic heterocycles. The highest BCUT2D eigenvalue weighted by Crippen LogP contribution is 2.39. The smallest absolute Gasteiger partial charge is 0.260 e. The second-order valence-corrected chi connectivity index (χ2v) is 9.76. The van der Waals surface area contributed by atoms with Crippen LogP contribution in [0.15, 0.2) is 38.5 Å². The quantitative estimate of drug-likeness (QED) is 0.547. The van der Waals surface area contributed by atoms with Gasteiger partial charge in [0.25, 0.3) is 10.0 Å². The molecule has 0 radical (unpaired) electrons. The Balaban J connectivity index is 1.56. The van der Waals surface area contributed by atoms with Crippen molar-refractivity contribution >= 4 is 26.0 Å². The van der Waals surface area contributed by atoms with Crippen molar-refractivity contribution < 1.29 is 17.7 Å². The van der Waals surface area contributed by atoms with Crippen LogP contribution in [0, 0.1) is 6.92 Å². The molecule has 4 heterocycles. The van der Waals surface area contributed by atoms with Crippen LogP contribution in [0.4, 0.5) is 0 Å². The minimum Gasteiger partial charge on any atom is -0.381 e. The van der Waals surface area contributed by atoms with Crippen LogP contribution in [0.1, 0.15) is 36.1 Å². The number of nitrogens with zero attached hydrogens (tertiary/aromatic N) is 5. The molecule has 1 fully saturated rings. The molecule has 1 aliphatic rings. The average molecular weight is 497 g/mol. The molecule has 3 aromatic heterocycles. The van der Waals surface area contributed by atoms with E-state index in [2.05, 4.69) is 40.8 Å². The summed E-state index contributed by atoms with van der Waals surface area (Å²) in [5.41, 5.74) is 0.281. The fraction of sp³-hybridized carbons (Fsp3) is 0.444. The van der Waals surface area contributed by atoms with Gasteiger partial charge in [0.1, 0.15) is 5.82 Å². The number of pyridine rings is 1. The summed E-state index contributed by atoms with van der Waals surface area (Å²) in [6.07, 6.45) is 4.49. The van der Waals surface area contributed by atoms with Crippen LogP contribution in [-0.4, -0.2) is 46.3 Å². The van der Waals surface area contributed by atoms with Crippen molar-refractivity contribution in [2.24, 2.45) is 7.05 Å². The van der Waals surface area contributed by atoms with Gasteiger partial charge in [-0.15, -0.1) is 0 Å². The molecule has 160 valence electrons. The number of nitrogens with one attached hydrogen (secondary N) is 1. The van der Waals surface area contributed by atoms with E-state index in [9.17, 15) is 8.42 Å². The Labute approximate surface area is 182 Å². The van der Waals surface area contributed by atoms with Crippen LogP contribution in [0.3, 0.4) is 0 Å². The SMILES string of the molecule is Cc1nc(S(=O)(=O)NCc2nc(C3(c4ccc(Br)cn4)CCOCC3)no2)cn1C. The van der Waals surface area contributed by atoms with Gasteiger partial charge in [-0.2, -0.15) is 4.98 Å². The average Bonchev–Trinajstić information content (AvgIpc) is 3.35. The molecule has 3 aromatic rings. The molecule has 0 aliphatic carbocycles. The van der Waals surface area contributed by atoms with Gasteiger partial charge < -0.3 is 13.8 Å². The van der Waals surface area contributed by atoms with E-state index in [0.717, 1.165) is 10.2 Å². The maximum absolute atomic E-state index is 12.5. The Morgan fingerprint density at radius 1 is 1.27 bits per heavy atom. The van der Waals surface area contributed by atoms with Crippen molar-refractivity contribution in [2.75, 3.05) is 13.2 Å². The van der Waals surface area contributed by atoms with Gasteiger partial charge in [0.15, 0.2) is 10.9 Å². The summed E-state index contributed by atoms with van der Waals surface area (Å²) in [6.45, 7) is 2.69. The van der Waals surface area contributed by atoms with Gasteiger partial charge in [0.2, 0.25) is 5.89 Å². The first-order chi connectivity index (χ1) is 14.3. The fourth-order valence-electron chi connectivity index (χ4n) is 3.38. The normalized spacial score (nSPS) is 16.6. The zero-order chi connectivity index (χ0) is 21.4. The van der Waals surface area contributed by atoms with Crippen LogP contribution in [-0.2, 0) is 33.8 Å². The van der Waals surface area contributed by atoms with Crippen molar-refractivity contribution in [1.82, 2.24) is 29.4 Å². The second kappa shape index (κ2) is 8.17. The Bertz CT molecular complexity index is 1120. The summed E-state index contributed by atoms with van der Waals surface area (Å²) in [5, 5.41) is 4.10. The topological polar surface area (TPSA) is 125 Å². The van der Waals surface area contributed by atoms with Crippen LogP contribution in [0.2, 0.25) is 0 Å². The number of hydrogen-bond acceptors (Lipinski definition) is 8. The molecule has 0 unspecified atom stereocenters. The lowest BCUT2D eigenvalue weighted by Crippen LogP contribution is -2.37. The van der Waals surface area contributed by atoms with Gasteiger partial charge in [0, 0.05) is 37.1 Å². The molecule has 0 saturated carbocycles. The molecule has 10 nitrogen and oxygen atoms in total. The Morgan fingerprint density at radius 2 is 2.03 bits per heavy atom. The largest absolute Gasteiger partial charge is 0.381 e. The Morgan fingerprint density at radius 3 is 2.67 bits per heavy atom. The minimum absolute atomic E-state index is 0.0535. The first-order valence-electron chi connectivity index (χ1n) is 9.33. The third-order valence-corrected chi connectivity index (χ3v) is 6.98. The maximum atomic E-state index is 12.5. The third kappa shape index (κ3) is 4.04. The number of halogens is 1. The lowest BCUT2D eigenvalue weighted by atomic mass is 9.76. The molecule has 0 bridgehead atoms. The molecule has 1 N–H and O–H groups in total. The van der Waals surface area contributed by atoms with Gasteiger partial charge in [0.05, 0.1) is 17.7 Å². The van der Waals surface area contributed by atoms with Crippen molar-refractivity contribution in [3.63, 3.8) is 0 Å². The summed E-state index contributed by atoms with van der Waals surface area (Å²) in [5.74, 6) is 1.24. The fourth-order valence-corrected chi connectivity index (χ4v) is 4.63. The maximum Gasteiger partial charge on any atom is 0.260 e. The number of sulfonamides is 1. The molecular weight excluding hydrogens is 476 g/mol. The standard InChI is InChI=1S/C18H21BrN6O4S/c1-12-22-16(11-25(12)2)30(26,27)21-10-15-23-17(24-29-15)18(5-7-28-8-6-18)14-4-3-13(19)9-20-14/h3-4,9,11,21H,5-8,10H2,1-2H3. The lowest BCUT2D eigenvalue weighted by Gasteiger charge is -2.33. The predicted molar refractivity (Wildman–Crippen MR) is 109 cm³/mol. The van der Waals surface area contributed by atoms with Gasteiger partial charge in [-0.1, -0.05) is 5.16 Å². The number of imidazole rings is 1. The first kappa shape index (κ1) is 21.1. The van der Waals surface area contributed by atoms with Crippen LogP contribution in [0.5, 0.6) is 0 Å². The van der Waals surface area contributed by atoms with E-state index in [1.807, 2.05) is 12.1 Å². The summed E-state index contributed by atoms with van der Waals surface area (Å²) in [4.78, 5) is 13.1. The summed E-state index contributed by atoms with van der Waals surface area (Å²) < 4.78 is 40.8. The number of aromatic nitrogens is 5. The monoisotopic (exact) mass is 496 g/mol. The Kier molecular flexibility index (Phi) is 5.75. The van der Waals surface area contributed by atoms with E-state index in [0.29, 0.717) is 37.7 Å². The van der Waals surface area contributed by atoms with Crippen molar-refractivity contribution in [2.45, 2.75) is 36.8 Å². The molecule has 1 saturated heterocycles. The first-order valence-corrected chi connectivity index (χ1v) is 11.6. The van der Waals surface area contributed by atoms with E-state index in [-0.39, 0.29) is 17.5 Å². The number of rotatable bonds is 6. The number of hydrogen-bond donors (Lipinski definition) is 1. The Hall–Kier alpha value is -2.15. The zero-order valence-corrected chi connectivity index (χ0v) is 18.9. The highest BCUT2D eigenvalue weighted by Gasteiger charge is 2.42.